The van der Waals surface area contributed by atoms with E-state index in [1.165, 1.54) is 35.9 Å². The molecule has 168 valence electrons. The number of thioether (sulfide) groups is 1. The molecule has 1 aromatic heterocycles. The first kappa shape index (κ1) is 23.4. The average Bonchev–Trinajstić information content (AvgIpc) is 2.80. The van der Waals surface area contributed by atoms with Crippen molar-refractivity contribution in [3.05, 3.63) is 47.2 Å². The van der Waals surface area contributed by atoms with E-state index in [9.17, 15) is 4.79 Å². The van der Waals surface area contributed by atoms with Crippen LogP contribution in [0.4, 0.5) is 11.4 Å². The molecular weight excluding hydrogens is 408 g/mol. The molecule has 1 unspecified atom stereocenters. The van der Waals surface area contributed by atoms with E-state index in [2.05, 4.69) is 46.5 Å². The van der Waals surface area contributed by atoms with Crippen LogP contribution in [0.25, 0.3) is 0 Å². The normalized spacial score (nSPS) is 16.9. The third-order valence-electron chi connectivity index (χ3n) is 5.86. The monoisotopic (exact) mass is 442 g/mol. The minimum Gasteiger partial charge on any atom is -0.479 e. The lowest BCUT2D eigenvalue weighted by molar-refractivity contribution is -0.115. The molecule has 1 aliphatic rings. The average molecular weight is 443 g/mol. The van der Waals surface area contributed by atoms with Crippen LogP contribution in [0.15, 0.2) is 30.3 Å². The highest BCUT2D eigenvalue weighted by Crippen LogP contribution is 2.28. The van der Waals surface area contributed by atoms with Crippen LogP contribution in [-0.4, -0.2) is 54.1 Å². The van der Waals surface area contributed by atoms with Gasteiger partial charge in [-0.15, -0.1) is 0 Å². The lowest BCUT2D eigenvalue weighted by Gasteiger charge is -2.41. The van der Waals surface area contributed by atoms with Crippen molar-refractivity contribution in [2.24, 2.45) is 0 Å². The van der Waals surface area contributed by atoms with E-state index in [1.807, 2.05) is 31.2 Å². The van der Waals surface area contributed by atoms with Crippen LogP contribution >= 0.6 is 11.8 Å². The number of rotatable bonds is 8. The lowest BCUT2D eigenvalue weighted by Crippen LogP contribution is -2.58. The van der Waals surface area contributed by atoms with Gasteiger partial charge in [0.15, 0.2) is 0 Å². The Morgan fingerprint density at radius 2 is 2.00 bits per heavy atom. The largest absolute Gasteiger partial charge is 0.479 e. The Balaban J connectivity index is 1.76. The molecular formula is C24H34N4O2S. The van der Waals surface area contributed by atoms with E-state index >= 15 is 0 Å². The number of aromatic nitrogens is 1. The van der Waals surface area contributed by atoms with Gasteiger partial charge in [0.05, 0.1) is 7.11 Å². The van der Waals surface area contributed by atoms with Gasteiger partial charge in [-0.2, -0.15) is 0 Å². The maximum Gasteiger partial charge on any atom is 0.238 e. The molecule has 0 aliphatic carbocycles. The molecule has 1 atom stereocenters. The van der Waals surface area contributed by atoms with Gasteiger partial charge >= 0.3 is 0 Å². The molecule has 1 aliphatic heterocycles. The second kappa shape index (κ2) is 10.9. The van der Waals surface area contributed by atoms with Crippen molar-refractivity contribution >= 4 is 28.3 Å². The fraction of sp³-hybridized carbons (Fsp3) is 0.500. The van der Waals surface area contributed by atoms with Crippen LogP contribution in [0, 0.1) is 13.8 Å². The highest BCUT2D eigenvalue weighted by Gasteiger charge is 2.33. The Hall–Kier alpha value is -2.25. The summed E-state index contributed by atoms with van der Waals surface area (Å²) in [4.78, 5) is 19.6. The Kier molecular flexibility index (Phi) is 8.21. The molecule has 2 aromatic rings. The summed E-state index contributed by atoms with van der Waals surface area (Å²) in [5, 5.41) is 2.17. The molecule has 1 fully saturated rings. The maximum atomic E-state index is 12.8. The van der Waals surface area contributed by atoms with Crippen LogP contribution in [0.5, 0.6) is 5.88 Å². The smallest absolute Gasteiger partial charge is 0.238 e. The minimum absolute atomic E-state index is 0.146. The van der Waals surface area contributed by atoms with E-state index in [4.69, 9.17) is 4.74 Å². The topological polar surface area (TPSA) is 57.7 Å². The van der Waals surface area contributed by atoms with Gasteiger partial charge in [0, 0.05) is 31.0 Å². The molecule has 0 bridgehead atoms. The maximum absolute atomic E-state index is 12.8. The van der Waals surface area contributed by atoms with E-state index in [1.54, 1.807) is 7.11 Å². The number of hydrogen-bond donors (Lipinski definition) is 1. The van der Waals surface area contributed by atoms with Gasteiger partial charge < -0.3 is 15.1 Å². The number of unbranched alkanes of at least 4 members (excludes halogenated alkanes) is 1. The van der Waals surface area contributed by atoms with Crippen molar-refractivity contribution in [1.82, 2.24) is 9.99 Å². The molecule has 0 amide bonds. The number of carbonyl (C=O) groups excluding carboxylic acids is 1. The van der Waals surface area contributed by atoms with E-state index < -0.39 is 0 Å². The van der Waals surface area contributed by atoms with Crippen molar-refractivity contribution < 1.29 is 9.53 Å². The van der Waals surface area contributed by atoms with Gasteiger partial charge in [-0.3, -0.25) is 4.79 Å². The second-order valence-corrected chi connectivity index (χ2v) is 8.82. The van der Waals surface area contributed by atoms with Crippen molar-refractivity contribution in [1.29, 1.82) is 0 Å². The number of ether oxygens (including phenoxy) is 1. The number of piperazine rings is 1. The number of hydrogen-bond acceptors (Lipinski definition) is 7. The molecule has 31 heavy (non-hydrogen) atoms. The first-order valence-electron chi connectivity index (χ1n) is 10.9. The minimum atomic E-state index is -0.269. The van der Waals surface area contributed by atoms with Crippen LogP contribution in [0.1, 0.15) is 36.6 Å². The van der Waals surface area contributed by atoms with Gasteiger partial charge in [-0.05, 0) is 62.3 Å². The van der Waals surface area contributed by atoms with Crippen LogP contribution in [0.2, 0.25) is 0 Å². The van der Waals surface area contributed by atoms with Crippen molar-refractivity contribution in [2.45, 2.75) is 46.1 Å². The number of nitrogens with one attached hydrogen (secondary N) is 1. The van der Waals surface area contributed by atoms with Crippen LogP contribution in [-0.2, 0) is 11.2 Å². The predicted octanol–water partition coefficient (Wildman–Crippen LogP) is 4.46. The number of aryl methyl sites for hydroxylation is 3. The summed E-state index contributed by atoms with van der Waals surface area (Å²) >= 11 is 1.28. The summed E-state index contributed by atoms with van der Waals surface area (Å²) in [6.07, 6.45) is 5.38. The zero-order chi connectivity index (χ0) is 22.4. The Morgan fingerprint density at radius 1 is 1.26 bits per heavy atom. The third kappa shape index (κ3) is 5.71. The highest BCUT2D eigenvalue weighted by molar-refractivity contribution is 8.13. The second-order valence-electron chi connectivity index (χ2n) is 8.01. The zero-order valence-corrected chi connectivity index (χ0v) is 20.1. The van der Waals surface area contributed by atoms with E-state index in [0.717, 1.165) is 29.9 Å². The summed E-state index contributed by atoms with van der Waals surface area (Å²) in [6.45, 7) is 8.40. The summed E-state index contributed by atoms with van der Waals surface area (Å²) in [7, 11) is 1.62. The lowest BCUT2D eigenvalue weighted by atomic mass is 10.1. The fourth-order valence-corrected chi connectivity index (χ4v) is 4.29. The Bertz CT molecular complexity index is 888. The Labute approximate surface area is 190 Å². The SMILES string of the molecule is CCCCc1ccc(N2CCN(Nc3cc(C)c(C)nc3OC)C(C(=O)SC)C2)cc1. The first-order valence-corrected chi connectivity index (χ1v) is 12.2. The molecule has 7 heteroatoms. The van der Waals surface area contributed by atoms with Gasteiger partial charge in [0.1, 0.15) is 11.7 Å². The summed E-state index contributed by atoms with van der Waals surface area (Å²) in [6, 6.07) is 10.6. The zero-order valence-electron chi connectivity index (χ0n) is 19.3. The van der Waals surface area contributed by atoms with Crippen molar-refractivity contribution in [3.8, 4) is 5.88 Å². The molecule has 0 saturated carbocycles. The number of carbonyl (C=O) groups is 1. The van der Waals surface area contributed by atoms with Crippen LogP contribution in [0.3, 0.4) is 0 Å². The van der Waals surface area contributed by atoms with E-state index in [0.29, 0.717) is 19.0 Å². The molecule has 1 aromatic carbocycles. The number of nitrogens with zero attached hydrogens (tertiary/aromatic N) is 3. The number of pyridine rings is 1. The van der Waals surface area contributed by atoms with Gasteiger partial charge in [-0.25, -0.2) is 9.99 Å². The number of hydrazine groups is 1. The van der Waals surface area contributed by atoms with Gasteiger partial charge in [-0.1, -0.05) is 37.2 Å². The van der Waals surface area contributed by atoms with Gasteiger partial charge in [0.25, 0.3) is 0 Å². The summed E-state index contributed by atoms with van der Waals surface area (Å²) < 4.78 is 5.47. The number of benzene rings is 1. The highest BCUT2D eigenvalue weighted by atomic mass is 32.2. The molecule has 1 N–H and O–H groups in total. The molecule has 2 heterocycles. The van der Waals surface area contributed by atoms with Crippen molar-refractivity contribution in [3.63, 3.8) is 0 Å². The van der Waals surface area contributed by atoms with Crippen LogP contribution < -0.4 is 15.1 Å². The Morgan fingerprint density at radius 3 is 2.65 bits per heavy atom. The summed E-state index contributed by atoms with van der Waals surface area (Å²) in [5.74, 6) is 0.545. The first-order chi connectivity index (χ1) is 15.0. The quantitative estimate of drug-likeness (QED) is 0.648. The number of anilines is 2. The molecule has 6 nitrogen and oxygen atoms in total. The predicted molar refractivity (Wildman–Crippen MR) is 130 cm³/mol. The molecule has 1 saturated heterocycles. The summed E-state index contributed by atoms with van der Waals surface area (Å²) in [5.41, 5.74) is 8.77. The van der Waals surface area contributed by atoms with Crippen molar-refractivity contribution in [2.75, 3.05) is 43.3 Å². The number of methoxy groups -OCH3 is 1. The van der Waals surface area contributed by atoms with E-state index in [-0.39, 0.29) is 11.2 Å². The molecule has 0 radical (unpaired) electrons. The fourth-order valence-electron chi connectivity index (χ4n) is 3.82. The third-order valence-corrected chi connectivity index (χ3v) is 6.54. The molecule has 0 spiro atoms. The van der Waals surface area contributed by atoms with Gasteiger partial charge in [0.2, 0.25) is 11.0 Å². The molecule has 3 rings (SSSR count). The standard InChI is InChI=1S/C24H34N4O2S/c1-6-7-8-19-9-11-20(12-10-19)27-13-14-28(22(16-27)24(29)31-5)26-21-15-17(2)18(3)25-23(21)30-4/h9-12,15,22,26H,6-8,13-14,16H2,1-5H3.